The SMILES string of the molecule is c1ccc2c(c1)ccc1ccc3ccc4ccc5c[nH+]ccc5c4c3c12. The van der Waals surface area contributed by atoms with E-state index >= 15 is 0 Å². The zero-order valence-electron chi connectivity index (χ0n) is 14.2. The molecular formula is C25H16N+. The van der Waals surface area contributed by atoms with Crippen LogP contribution in [0.4, 0.5) is 0 Å². The molecule has 1 nitrogen and oxygen atoms in total. The zero-order chi connectivity index (χ0) is 17.1. The minimum absolute atomic E-state index is 1.24. The van der Waals surface area contributed by atoms with Gasteiger partial charge in [-0.25, -0.2) is 4.98 Å². The van der Waals surface area contributed by atoms with Crippen molar-refractivity contribution >= 4 is 53.9 Å². The first-order valence-corrected chi connectivity index (χ1v) is 8.96. The average Bonchev–Trinajstić information content (AvgIpc) is 2.72. The maximum atomic E-state index is 3.21. The number of H-pyrrole nitrogens is 1. The molecule has 0 aliphatic rings. The molecule has 0 bridgehead atoms. The summed E-state index contributed by atoms with van der Waals surface area (Å²) in [5, 5.41) is 13.1. The van der Waals surface area contributed by atoms with Crippen LogP contribution in [0.2, 0.25) is 0 Å². The van der Waals surface area contributed by atoms with Crippen molar-refractivity contribution in [1.29, 1.82) is 0 Å². The number of fused-ring (bicyclic) bond motifs is 9. The second-order valence-electron chi connectivity index (χ2n) is 6.92. The quantitative estimate of drug-likeness (QED) is 0.292. The summed E-state index contributed by atoms with van der Waals surface area (Å²) < 4.78 is 0. The largest absolute Gasteiger partial charge is 0.217 e. The van der Waals surface area contributed by atoms with Gasteiger partial charge in [0.15, 0.2) is 12.4 Å². The molecule has 0 amide bonds. The molecule has 0 saturated heterocycles. The Hall–Kier alpha value is -3.45. The highest BCUT2D eigenvalue weighted by Crippen LogP contribution is 2.38. The first-order valence-electron chi connectivity index (χ1n) is 8.96. The second-order valence-corrected chi connectivity index (χ2v) is 6.92. The van der Waals surface area contributed by atoms with E-state index in [2.05, 4.69) is 90.0 Å². The molecule has 0 unspecified atom stereocenters. The van der Waals surface area contributed by atoms with E-state index in [1.165, 1.54) is 53.9 Å². The molecule has 0 fully saturated rings. The van der Waals surface area contributed by atoms with E-state index in [1.54, 1.807) is 0 Å². The van der Waals surface area contributed by atoms with Crippen LogP contribution in [0.3, 0.4) is 0 Å². The first-order chi connectivity index (χ1) is 12.9. The lowest BCUT2D eigenvalue weighted by atomic mass is 9.91. The molecule has 5 aromatic carbocycles. The Morgan fingerprint density at radius 3 is 1.69 bits per heavy atom. The Kier molecular flexibility index (Phi) is 2.67. The van der Waals surface area contributed by atoms with Crippen LogP contribution in [0.15, 0.2) is 91.3 Å². The Bertz CT molecular complexity index is 1360. The monoisotopic (exact) mass is 330 g/mol. The summed E-state index contributed by atoms with van der Waals surface area (Å²) in [7, 11) is 0. The van der Waals surface area contributed by atoms with E-state index in [9.17, 15) is 0 Å². The lowest BCUT2D eigenvalue weighted by Gasteiger charge is -2.12. The van der Waals surface area contributed by atoms with Gasteiger partial charge < -0.3 is 0 Å². The predicted octanol–water partition coefficient (Wildman–Crippen LogP) is 6.27. The fraction of sp³-hybridized carbons (Fsp3) is 0. The molecule has 1 heterocycles. The van der Waals surface area contributed by atoms with E-state index < -0.39 is 0 Å². The smallest absolute Gasteiger partial charge is 0.174 e. The number of aromatic amines is 1. The van der Waals surface area contributed by atoms with Gasteiger partial charge in [-0.05, 0) is 49.2 Å². The fourth-order valence-corrected chi connectivity index (χ4v) is 4.35. The average molecular weight is 330 g/mol. The molecule has 120 valence electrons. The highest BCUT2D eigenvalue weighted by molar-refractivity contribution is 6.31. The Morgan fingerprint density at radius 1 is 0.423 bits per heavy atom. The molecule has 6 aromatic rings. The van der Waals surface area contributed by atoms with Crippen molar-refractivity contribution in [2.24, 2.45) is 0 Å². The molecule has 0 radical (unpaired) electrons. The van der Waals surface area contributed by atoms with Gasteiger partial charge in [0.25, 0.3) is 0 Å². The number of nitrogens with one attached hydrogen (secondary N) is 1. The topological polar surface area (TPSA) is 14.1 Å². The summed E-state index contributed by atoms with van der Waals surface area (Å²) in [5.74, 6) is 0. The van der Waals surface area contributed by atoms with Crippen LogP contribution >= 0.6 is 0 Å². The van der Waals surface area contributed by atoms with E-state index in [1.807, 2.05) is 6.20 Å². The molecule has 1 aromatic heterocycles. The summed E-state index contributed by atoms with van der Waals surface area (Å²) >= 11 is 0. The van der Waals surface area contributed by atoms with E-state index in [4.69, 9.17) is 0 Å². The number of pyridine rings is 1. The molecule has 1 heteroatoms. The maximum Gasteiger partial charge on any atom is 0.174 e. The molecular weight excluding hydrogens is 314 g/mol. The summed E-state index contributed by atoms with van der Waals surface area (Å²) in [6.45, 7) is 0. The maximum absolute atomic E-state index is 3.21. The van der Waals surface area contributed by atoms with Crippen molar-refractivity contribution in [2.45, 2.75) is 0 Å². The Balaban J connectivity index is 2.03. The van der Waals surface area contributed by atoms with Crippen molar-refractivity contribution < 1.29 is 4.98 Å². The van der Waals surface area contributed by atoms with Gasteiger partial charge in [0, 0.05) is 16.8 Å². The summed E-state index contributed by atoms with van der Waals surface area (Å²) in [6, 6.07) is 28.8. The first kappa shape index (κ1) is 13.8. The second kappa shape index (κ2) is 5.03. The highest BCUT2D eigenvalue weighted by atomic mass is 14.6. The van der Waals surface area contributed by atoms with E-state index in [0.717, 1.165) is 0 Å². The van der Waals surface area contributed by atoms with Gasteiger partial charge in [-0.1, -0.05) is 66.7 Å². The van der Waals surface area contributed by atoms with Gasteiger partial charge in [-0.15, -0.1) is 0 Å². The van der Waals surface area contributed by atoms with E-state index in [-0.39, 0.29) is 0 Å². The van der Waals surface area contributed by atoms with Crippen LogP contribution in [0, 0.1) is 0 Å². The van der Waals surface area contributed by atoms with Crippen molar-refractivity contribution in [3.05, 3.63) is 91.3 Å². The number of benzene rings is 5. The molecule has 6 rings (SSSR count). The minimum atomic E-state index is 1.24. The van der Waals surface area contributed by atoms with Crippen molar-refractivity contribution in [2.75, 3.05) is 0 Å². The van der Waals surface area contributed by atoms with Gasteiger partial charge >= 0.3 is 0 Å². The third-order valence-corrected chi connectivity index (χ3v) is 5.53. The standard InChI is InChI=1S/C25H15N/c1-2-4-21-16(3-1)5-6-17-7-9-19-10-8-18-11-12-20-15-26-14-13-22(20)24(18)25(19)23(17)21/h1-15H/p+1. The van der Waals surface area contributed by atoms with Gasteiger partial charge in [0.2, 0.25) is 0 Å². The van der Waals surface area contributed by atoms with Gasteiger partial charge in [-0.3, -0.25) is 0 Å². The molecule has 0 aliphatic carbocycles. The molecule has 0 saturated carbocycles. The number of hydrogen-bond donors (Lipinski definition) is 0. The van der Waals surface area contributed by atoms with E-state index in [0.29, 0.717) is 0 Å². The fourth-order valence-electron chi connectivity index (χ4n) is 4.35. The van der Waals surface area contributed by atoms with Crippen LogP contribution in [-0.4, -0.2) is 0 Å². The van der Waals surface area contributed by atoms with Crippen LogP contribution in [0.1, 0.15) is 0 Å². The minimum Gasteiger partial charge on any atom is -0.217 e. The molecule has 26 heavy (non-hydrogen) atoms. The summed E-state index contributed by atoms with van der Waals surface area (Å²) in [5.41, 5.74) is 0. The zero-order valence-corrected chi connectivity index (χ0v) is 14.2. The number of rotatable bonds is 0. The molecule has 0 spiro atoms. The third kappa shape index (κ3) is 1.77. The molecule has 0 aliphatic heterocycles. The predicted molar refractivity (Wildman–Crippen MR) is 111 cm³/mol. The van der Waals surface area contributed by atoms with Crippen LogP contribution in [-0.2, 0) is 0 Å². The normalized spacial score (nSPS) is 11.8. The van der Waals surface area contributed by atoms with Gasteiger partial charge in [-0.2, -0.15) is 0 Å². The summed E-state index contributed by atoms with van der Waals surface area (Å²) in [4.78, 5) is 3.21. The Morgan fingerprint density at radius 2 is 0.962 bits per heavy atom. The van der Waals surface area contributed by atoms with Crippen LogP contribution in [0.25, 0.3) is 53.9 Å². The third-order valence-electron chi connectivity index (χ3n) is 5.53. The lowest BCUT2D eigenvalue weighted by molar-refractivity contribution is -0.375. The highest BCUT2D eigenvalue weighted by Gasteiger charge is 2.11. The number of aromatic nitrogens is 1. The van der Waals surface area contributed by atoms with Crippen LogP contribution in [0.5, 0.6) is 0 Å². The number of hydrogen-bond acceptors (Lipinski definition) is 0. The molecule has 0 atom stereocenters. The molecule has 1 N–H and O–H groups in total. The van der Waals surface area contributed by atoms with Crippen molar-refractivity contribution in [1.82, 2.24) is 0 Å². The summed E-state index contributed by atoms with van der Waals surface area (Å²) in [6.07, 6.45) is 4.10. The van der Waals surface area contributed by atoms with Gasteiger partial charge in [0.05, 0.1) is 0 Å². The lowest BCUT2D eigenvalue weighted by Crippen LogP contribution is -1.97. The van der Waals surface area contributed by atoms with Crippen LogP contribution < -0.4 is 4.98 Å². The Labute approximate surface area is 150 Å². The van der Waals surface area contributed by atoms with Gasteiger partial charge in [0.1, 0.15) is 0 Å². The van der Waals surface area contributed by atoms with Crippen molar-refractivity contribution in [3.63, 3.8) is 0 Å². The van der Waals surface area contributed by atoms with Crippen molar-refractivity contribution in [3.8, 4) is 0 Å².